The fourth-order valence-electron chi connectivity index (χ4n) is 2.62. The van der Waals surface area contributed by atoms with E-state index in [4.69, 9.17) is 11.6 Å². The second-order valence-corrected chi connectivity index (χ2v) is 8.66. The van der Waals surface area contributed by atoms with E-state index >= 15 is 0 Å². The molecule has 7 heteroatoms. The second kappa shape index (κ2) is 9.76. The molecule has 0 aliphatic heterocycles. The van der Waals surface area contributed by atoms with Crippen LogP contribution >= 0.6 is 11.6 Å². The van der Waals surface area contributed by atoms with Gasteiger partial charge in [-0.25, -0.2) is 8.42 Å². The summed E-state index contributed by atoms with van der Waals surface area (Å²) < 4.78 is 27.5. The Morgan fingerprint density at radius 1 is 1.11 bits per heavy atom. The smallest absolute Gasteiger partial charge is 0.264 e. The lowest BCUT2D eigenvalue weighted by molar-refractivity contribution is -0.119. The second-order valence-electron chi connectivity index (χ2n) is 6.36. The molecular weight excluding hydrogens is 384 g/mol. The topological polar surface area (TPSA) is 66.5 Å². The fraction of sp³-hybridized carbons (Fsp3) is 0.350. The van der Waals surface area contributed by atoms with Crippen LogP contribution in [0.4, 0.5) is 5.69 Å². The van der Waals surface area contributed by atoms with Gasteiger partial charge >= 0.3 is 0 Å². The Hall–Kier alpha value is -2.05. The van der Waals surface area contributed by atoms with Crippen molar-refractivity contribution in [3.8, 4) is 0 Å². The van der Waals surface area contributed by atoms with E-state index in [1.54, 1.807) is 18.2 Å². The van der Waals surface area contributed by atoms with Crippen LogP contribution in [0, 0.1) is 6.92 Å². The highest BCUT2D eigenvalue weighted by Crippen LogP contribution is 2.25. The number of nitrogens with zero attached hydrogens (tertiary/aromatic N) is 1. The van der Waals surface area contributed by atoms with Gasteiger partial charge in [0.25, 0.3) is 10.0 Å². The van der Waals surface area contributed by atoms with Gasteiger partial charge in [-0.2, -0.15) is 0 Å². The summed E-state index contributed by atoms with van der Waals surface area (Å²) >= 11 is 5.87. The summed E-state index contributed by atoms with van der Waals surface area (Å²) in [6.07, 6.45) is 2.94. The van der Waals surface area contributed by atoms with Crippen molar-refractivity contribution in [1.29, 1.82) is 0 Å². The Kier molecular flexibility index (Phi) is 7.68. The number of hydrogen-bond acceptors (Lipinski definition) is 3. The number of halogens is 1. The minimum atomic E-state index is -3.90. The highest BCUT2D eigenvalue weighted by molar-refractivity contribution is 7.92. The summed E-state index contributed by atoms with van der Waals surface area (Å²) in [7, 11) is -3.90. The van der Waals surface area contributed by atoms with Crippen LogP contribution in [0.3, 0.4) is 0 Å². The van der Waals surface area contributed by atoms with E-state index in [0.29, 0.717) is 17.3 Å². The quantitative estimate of drug-likeness (QED) is 0.634. The predicted molar refractivity (Wildman–Crippen MR) is 110 cm³/mol. The van der Waals surface area contributed by atoms with Crippen LogP contribution in [0.1, 0.15) is 31.7 Å². The maximum Gasteiger partial charge on any atom is 0.264 e. The number of aryl methyl sites for hydroxylation is 1. The predicted octanol–water partition coefficient (Wildman–Crippen LogP) is 4.15. The number of nitrogens with one attached hydrogen (secondary N) is 1. The maximum atomic E-state index is 13.2. The van der Waals surface area contributed by atoms with E-state index in [1.807, 2.05) is 13.0 Å². The molecule has 0 radical (unpaired) electrons. The lowest BCUT2D eigenvalue weighted by Gasteiger charge is -2.24. The molecule has 0 unspecified atom stereocenters. The molecule has 0 saturated heterocycles. The van der Waals surface area contributed by atoms with Gasteiger partial charge in [-0.05, 0) is 55.3 Å². The van der Waals surface area contributed by atoms with Gasteiger partial charge in [-0.15, -0.1) is 0 Å². The molecule has 0 fully saturated rings. The average Bonchev–Trinajstić information content (AvgIpc) is 2.63. The number of rotatable bonds is 9. The largest absolute Gasteiger partial charge is 0.355 e. The van der Waals surface area contributed by atoms with Crippen LogP contribution in [0.25, 0.3) is 0 Å². The minimum Gasteiger partial charge on any atom is -0.355 e. The third-order valence-electron chi connectivity index (χ3n) is 4.08. The molecule has 0 atom stereocenters. The number of unbranched alkanes of at least 4 members (excludes halogenated alkanes) is 2. The fourth-order valence-corrected chi connectivity index (χ4v) is 4.16. The highest BCUT2D eigenvalue weighted by atomic mass is 35.5. The van der Waals surface area contributed by atoms with Gasteiger partial charge in [0.05, 0.1) is 10.6 Å². The summed E-state index contributed by atoms with van der Waals surface area (Å²) in [5, 5.41) is 3.25. The lowest BCUT2D eigenvalue weighted by Crippen LogP contribution is -2.41. The van der Waals surface area contributed by atoms with Crippen molar-refractivity contribution in [3.63, 3.8) is 0 Å². The molecule has 2 aromatic rings. The summed E-state index contributed by atoms with van der Waals surface area (Å²) in [4.78, 5) is 12.5. The number of carbonyl (C=O) groups is 1. The van der Waals surface area contributed by atoms with Crippen molar-refractivity contribution >= 4 is 33.2 Å². The monoisotopic (exact) mass is 408 g/mol. The van der Waals surface area contributed by atoms with Gasteiger partial charge in [-0.1, -0.05) is 43.5 Å². The molecule has 0 saturated carbocycles. The molecule has 0 aromatic heterocycles. The van der Waals surface area contributed by atoms with Gasteiger partial charge < -0.3 is 5.32 Å². The van der Waals surface area contributed by atoms with Crippen molar-refractivity contribution in [2.45, 2.75) is 38.0 Å². The minimum absolute atomic E-state index is 0.0900. The SMILES string of the molecule is CCCCCNC(=O)CN(c1cccc(C)c1)S(=O)(=O)c1ccc(Cl)cc1. The third-order valence-corrected chi connectivity index (χ3v) is 6.12. The van der Waals surface area contributed by atoms with Gasteiger partial charge in [0, 0.05) is 11.6 Å². The van der Waals surface area contributed by atoms with Crippen LogP contribution in [0.2, 0.25) is 5.02 Å². The molecule has 146 valence electrons. The number of sulfonamides is 1. The first kappa shape index (κ1) is 21.3. The summed E-state index contributed by atoms with van der Waals surface area (Å²) in [6.45, 7) is 4.22. The first-order valence-corrected chi connectivity index (χ1v) is 10.8. The van der Waals surface area contributed by atoms with Crippen LogP contribution in [-0.2, 0) is 14.8 Å². The molecule has 1 N–H and O–H groups in total. The zero-order valence-corrected chi connectivity index (χ0v) is 17.2. The van der Waals surface area contributed by atoms with E-state index in [2.05, 4.69) is 12.2 Å². The summed E-state index contributed by atoms with van der Waals surface area (Å²) in [5.41, 5.74) is 1.36. The van der Waals surface area contributed by atoms with Gasteiger partial charge in [0.15, 0.2) is 0 Å². The number of hydrogen-bond donors (Lipinski definition) is 1. The molecule has 0 spiro atoms. The molecule has 0 heterocycles. The Morgan fingerprint density at radius 2 is 1.81 bits per heavy atom. The Balaban J connectivity index is 2.29. The molecule has 27 heavy (non-hydrogen) atoms. The molecular formula is C20H25ClN2O3S. The number of benzene rings is 2. The van der Waals surface area contributed by atoms with Gasteiger partial charge in [-0.3, -0.25) is 9.10 Å². The van der Waals surface area contributed by atoms with Gasteiger partial charge in [0.2, 0.25) is 5.91 Å². The van der Waals surface area contributed by atoms with Crippen LogP contribution in [-0.4, -0.2) is 27.4 Å². The molecule has 2 aromatic carbocycles. The van der Waals surface area contributed by atoms with Crippen LogP contribution in [0.5, 0.6) is 0 Å². The van der Waals surface area contributed by atoms with E-state index < -0.39 is 10.0 Å². The Morgan fingerprint density at radius 3 is 2.44 bits per heavy atom. The van der Waals surface area contributed by atoms with Crippen molar-refractivity contribution in [2.75, 3.05) is 17.4 Å². The molecule has 0 aliphatic rings. The van der Waals surface area contributed by atoms with Crippen molar-refractivity contribution in [2.24, 2.45) is 0 Å². The van der Waals surface area contributed by atoms with Crippen LogP contribution in [0.15, 0.2) is 53.4 Å². The summed E-state index contributed by atoms with van der Waals surface area (Å²) in [6, 6.07) is 13.0. The zero-order chi connectivity index (χ0) is 19.9. The molecule has 1 amide bonds. The van der Waals surface area contributed by atoms with Crippen molar-refractivity contribution < 1.29 is 13.2 Å². The zero-order valence-electron chi connectivity index (χ0n) is 15.6. The molecule has 2 rings (SSSR count). The van der Waals surface area contributed by atoms with Crippen molar-refractivity contribution in [3.05, 3.63) is 59.1 Å². The first-order valence-electron chi connectivity index (χ1n) is 8.96. The number of anilines is 1. The lowest BCUT2D eigenvalue weighted by atomic mass is 10.2. The van der Waals surface area contributed by atoms with Gasteiger partial charge in [0.1, 0.15) is 6.54 Å². The first-order chi connectivity index (χ1) is 12.8. The van der Waals surface area contributed by atoms with E-state index in [1.165, 1.54) is 24.3 Å². The van der Waals surface area contributed by atoms with Crippen molar-refractivity contribution in [1.82, 2.24) is 5.32 Å². The Bertz CT molecular complexity index is 867. The number of carbonyl (C=O) groups excluding carboxylic acids is 1. The van der Waals surface area contributed by atoms with Crippen LogP contribution < -0.4 is 9.62 Å². The number of amides is 1. The molecule has 5 nitrogen and oxygen atoms in total. The molecule has 0 bridgehead atoms. The van der Waals surface area contributed by atoms with E-state index in [-0.39, 0.29) is 17.3 Å². The van der Waals surface area contributed by atoms with E-state index in [0.717, 1.165) is 29.1 Å². The normalized spacial score (nSPS) is 11.2. The summed E-state index contributed by atoms with van der Waals surface area (Å²) in [5.74, 6) is -0.329. The standard InChI is InChI=1S/C20H25ClN2O3S/c1-3-4-5-13-22-20(24)15-23(18-8-6-7-16(2)14-18)27(25,26)19-11-9-17(21)10-12-19/h6-12,14H,3-5,13,15H2,1-2H3,(H,22,24). The average molecular weight is 409 g/mol. The third kappa shape index (κ3) is 5.97. The maximum absolute atomic E-state index is 13.2. The molecule has 0 aliphatic carbocycles. The Labute approximate surface area is 166 Å². The van der Waals surface area contributed by atoms with E-state index in [9.17, 15) is 13.2 Å². The highest BCUT2D eigenvalue weighted by Gasteiger charge is 2.27.